The fourth-order valence-corrected chi connectivity index (χ4v) is 3.47. The number of anilines is 1. The maximum atomic E-state index is 13.3. The van der Waals surface area contributed by atoms with Gasteiger partial charge in [0, 0.05) is 24.5 Å². The van der Waals surface area contributed by atoms with Gasteiger partial charge in [-0.3, -0.25) is 19.7 Å². The van der Waals surface area contributed by atoms with Crippen molar-refractivity contribution in [1.29, 1.82) is 0 Å². The Morgan fingerprint density at radius 2 is 1.88 bits per heavy atom. The Morgan fingerprint density at radius 3 is 2.55 bits per heavy atom. The van der Waals surface area contributed by atoms with E-state index in [1.165, 1.54) is 18.2 Å². The van der Waals surface area contributed by atoms with E-state index in [0.717, 1.165) is 16.6 Å². The van der Waals surface area contributed by atoms with Gasteiger partial charge in [0.1, 0.15) is 12.3 Å². The fourth-order valence-electron chi connectivity index (χ4n) is 3.47. The van der Waals surface area contributed by atoms with Crippen LogP contribution >= 0.6 is 0 Å². The highest BCUT2D eigenvalue weighted by Gasteiger charge is 2.37. The molecular formula is C22H21F3N4O4. The van der Waals surface area contributed by atoms with Crippen molar-refractivity contribution in [3.05, 3.63) is 69.3 Å². The van der Waals surface area contributed by atoms with Crippen LogP contribution in [0.15, 0.2) is 47.6 Å². The normalized spacial score (nSPS) is 14.2. The lowest BCUT2D eigenvalue weighted by molar-refractivity contribution is -0.385. The van der Waals surface area contributed by atoms with Crippen LogP contribution in [-0.4, -0.2) is 40.1 Å². The number of benzene rings is 2. The van der Waals surface area contributed by atoms with E-state index in [-0.39, 0.29) is 30.0 Å². The highest BCUT2D eigenvalue weighted by molar-refractivity contribution is 6.40. The summed E-state index contributed by atoms with van der Waals surface area (Å²) in [7, 11) is 0. The summed E-state index contributed by atoms with van der Waals surface area (Å²) in [6.45, 7) is 1.31. The lowest BCUT2D eigenvalue weighted by Crippen LogP contribution is -2.45. The number of nitrogens with zero attached hydrogens (tertiary/aromatic N) is 4. The maximum absolute atomic E-state index is 13.3. The molecule has 11 heteroatoms. The molecule has 3 rings (SSSR count). The van der Waals surface area contributed by atoms with E-state index in [1.54, 1.807) is 19.1 Å². The van der Waals surface area contributed by atoms with E-state index in [2.05, 4.69) is 5.10 Å². The standard InChI is InChI=1S/C22H21F3N4O4/c1-14-7-8-15(2)19(11-14)28-20(30)10-9-17(26-28)21(31)27(13-22(23,24)25)12-16-5-3-4-6-18(16)29(32)33/h3-8,11H,9-10,12-13H2,1-2H3. The number of hydrogen-bond acceptors (Lipinski definition) is 5. The predicted octanol–water partition coefficient (Wildman–Crippen LogP) is 4.29. The van der Waals surface area contributed by atoms with Gasteiger partial charge >= 0.3 is 6.18 Å². The smallest absolute Gasteiger partial charge is 0.324 e. The molecular weight excluding hydrogens is 441 g/mol. The van der Waals surface area contributed by atoms with Crippen molar-refractivity contribution < 1.29 is 27.7 Å². The van der Waals surface area contributed by atoms with E-state index in [1.807, 2.05) is 13.0 Å². The Kier molecular flexibility index (Phi) is 6.80. The minimum atomic E-state index is -4.74. The fraction of sp³-hybridized carbons (Fsp3) is 0.318. The van der Waals surface area contributed by atoms with E-state index < -0.39 is 35.8 Å². The van der Waals surface area contributed by atoms with Crippen molar-refractivity contribution in [2.24, 2.45) is 5.10 Å². The van der Waals surface area contributed by atoms with Gasteiger partial charge < -0.3 is 4.90 Å². The van der Waals surface area contributed by atoms with Crippen molar-refractivity contribution in [2.45, 2.75) is 39.4 Å². The highest BCUT2D eigenvalue weighted by atomic mass is 19.4. The molecule has 1 aliphatic heterocycles. The molecule has 1 heterocycles. The van der Waals surface area contributed by atoms with Crippen molar-refractivity contribution in [3.63, 3.8) is 0 Å². The Bertz CT molecular complexity index is 1130. The first kappa shape index (κ1) is 23.9. The molecule has 33 heavy (non-hydrogen) atoms. The number of nitro benzene ring substituents is 1. The molecule has 2 aromatic rings. The summed E-state index contributed by atoms with van der Waals surface area (Å²) < 4.78 is 39.8. The van der Waals surface area contributed by atoms with Crippen molar-refractivity contribution in [3.8, 4) is 0 Å². The van der Waals surface area contributed by atoms with Crippen LogP contribution in [0.3, 0.4) is 0 Å². The second-order valence-corrected chi connectivity index (χ2v) is 7.70. The number of carbonyl (C=O) groups excluding carboxylic acids is 2. The van der Waals surface area contributed by atoms with E-state index in [4.69, 9.17) is 0 Å². The van der Waals surface area contributed by atoms with Crippen LogP contribution in [0.25, 0.3) is 0 Å². The summed E-state index contributed by atoms with van der Waals surface area (Å²) in [5, 5.41) is 16.4. The zero-order valence-electron chi connectivity index (χ0n) is 17.9. The van der Waals surface area contributed by atoms with Crippen LogP contribution in [0, 0.1) is 24.0 Å². The minimum Gasteiger partial charge on any atom is -0.324 e. The third-order valence-corrected chi connectivity index (χ3v) is 5.08. The SMILES string of the molecule is Cc1ccc(C)c(N2N=C(C(=O)N(Cc3ccccc3[N+](=O)[O-])CC(F)(F)F)CCC2=O)c1. The lowest BCUT2D eigenvalue weighted by Gasteiger charge is -2.28. The molecule has 0 aliphatic carbocycles. The molecule has 0 saturated carbocycles. The van der Waals surface area contributed by atoms with Crippen LogP contribution in [0.4, 0.5) is 24.5 Å². The molecule has 2 amide bonds. The Hall–Kier alpha value is -3.76. The Morgan fingerprint density at radius 1 is 1.18 bits per heavy atom. The second-order valence-electron chi connectivity index (χ2n) is 7.70. The number of nitro groups is 1. The number of amides is 2. The third-order valence-electron chi connectivity index (χ3n) is 5.08. The molecule has 0 radical (unpaired) electrons. The van der Waals surface area contributed by atoms with Gasteiger partial charge in [0.15, 0.2) is 0 Å². The third kappa shape index (κ3) is 5.73. The molecule has 0 aromatic heterocycles. The Labute approximate surface area is 187 Å². The highest BCUT2D eigenvalue weighted by Crippen LogP contribution is 2.27. The zero-order valence-corrected chi connectivity index (χ0v) is 17.9. The number of aryl methyl sites for hydroxylation is 2. The van der Waals surface area contributed by atoms with Crippen molar-refractivity contribution in [2.75, 3.05) is 11.6 Å². The molecule has 0 unspecified atom stereocenters. The topological polar surface area (TPSA) is 96.1 Å². The number of halogens is 3. The van der Waals surface area contributed by atoms with E-state index in [0.29, 0.717) is 16.2 Å². The van der Waals surface area contributed by atoms with Gasteiger partial charge in [0.25, 0.3) is 11.6 Å². The molecule has 0 spiro atoms. The largest absolute Gasteiger partial charge is 0.406 e. The van der Waals surface area contributed by atoms with Gasteiger partial charge in [0.05, 0.1) is 17.2 Å². The summed E-state index contributed by atoms with van der Waals surface area (Å²) in [5.41, 5.74) is 1.32. The first-order valence-corrected chi connectivity index (χ1v) is 10.0. The number of para-hydroxylation sites is 1. The average molecular weight is 462 g/mol. The summed E-state index contributed by atoms with van der Waals surface area (Å²) in [4.78, 5) is 36.6. The first-order chi connectivity index (χ1) is 15.5. The van der Waals surface area contributed by atoms with Crippen molar-refractivity contribution in [1.82, 2.24) is 4.90 Å². The minimum absolute atomic E-state index is 0.0426. The van der Waals surface area contributed by atoms with Gasteiger partial charge in [-0.2, -0.15) is 18.3 Å². The van der Waals surface area contributed by atoms with E-state index in [9.17, 15) is 32.9 Å². The first-order valence-electron chi connectivity index (χ1n) is 10.0. The molecule has 0 atom stereocenters. The van der Waals surface area contributed by atoms with Gasteiger partial charge in [-0.1, -0.05) is 30.3 Å². The number of hydrogen-bond donors (Lipinski definition) is 0. The lowest BCUT2D eigenvalue weighted by atomic mass is 10.1. The molecule has 0 fully saturated rings. The number of carbonyl (C=O) groups is 2. The molecule has 0 saturated heterocycles. The number of rotatable bonds is 6. The summed E-state index contributed by atoms with van der Waals surface area (Å²) in [5.74, 6) is -1.42. The van der Waals surface area contributed by atoms with Crippen LogP contribution in [0.1, 0.15) is 29.5 Å². The number of alkyl halides is 3. The Balaban J connectivity index is 1.97. The monoisotopic (exact) mass is 462 g/mol. The number of hydrazone groups is 1. The summed E-state index contributed by atoms with van der Waals surface area (Å²) in [6.07, 6.45) is -4.98. The molecule has 8 nitrogen and oxygen atoms in total. The molecule has 0 N–H and O–H groups in total. The average Bonchev–Trinajstić information content (AvgIpc) is 2.74. The van der Waals surface area contributed by atoms with Gasteiger partial charge in [-0.15, -0.1) is 0 Å². The predicted molar refractivity (Wildman–Crippen MR) is 115 cm³/mol. The maximum Gasteiger partial charge on any atom is 0.406 e. The van der Waals surface area contributed by atoms with Gasteiger partial charge in [0.2, 0.25) is 5.91 Å². The second kappa shape index (κ2) is 9.39. The quantitative estimate of drug-likeness (QED) is 0.473. The molecule has 1 aliphatic rings. The van der Waals surface area contributed by atoms with Gasteiger partial charge in [-0.05, 0) is 31.0 Å². The molecule has 2 aromatic carbocycles. The van der Waals surface area contributed by atoms with Gasteiger partial charge in [-0.25, -0.2) is 5.01 Å². The van der Waals surface area contributed by atoms with Crippen LogP contribution < -0.4 is 5.01 Å². The molecule has 0 bridgehead atoms. The van der Waals surface area contributed by atoms with Crippen molar-refractivity contribution >= 4 is 28.9 Å². The van der Waals surface area contributed by atoms with E-state index >= 15 is 0 Å². The summed E-state index contributed by atoms with van der Waals surface area (Å²) >= 11 is 0. The molecule has 174 valence electrons. The summed E-state index contributed by atoms with van der Waals surface area (Å²) in [6, 6.07) is 10.6. The van der Waals surface area contributed by atoms with Crippen LogP contribution in [0.2, 0.25) is 0 Å². The zero-order chi connectivity index (χ0) is 24.3. The van der Waals surface area contributed by atoms with Crippen LogP contribution in [0.5, 0.6) is 0 Å². The van der Waals surface area contributed by atoms with Crippen LogP contribution in [-0.2, 0) is 16.1 Å².